The summed E-state index contributed by atoms with van der Waals surface area (Å²) >= 11 is 0. The maximum atomic E-state index is 12.6. The summed E-state index contributed by atoms with van der Waals surface area (Å²) in [6, 6.07) is 9.41. The summed E-state index contributed by atoms with van der Waals surface area (Å²) in [7, 11) is -2.59. The minimum Gasteiger partial charge on any atom is -0.445 e. The van der Waals surface area contributed by atoms with E-state index >= 15 is 0 Å². The molecule has 0 N–H and O–H groups in total. The molecule has 1 aliphatic carbocycles. The summed E-state index contributed by atoms with van der Waals surface area (Å²) in [5.74, 6) is -0.300. The summed E-state index contributed by atoms with van der Waals surface area (Å²) in [5, 5.41) is 0. The van der Waals surface area contributed by atoms with Crippen molar-refractivity contribution in [3.63, 3.8) is 0 Å². The van der Waals surface area contributed by atoms with E-state index in [0.29, 0.717) is 39.0 Å². The van der Waals surface area contributed by atoms with Gasteiger partial charge in [-0.1, -0.05) is 30.3 Å². The predicted molar refractivity (Wildman–Crippen MR) is 83.8 cm³/mol. The Bertz CT molecular complexity index is 654. The fourth-order valence-corrected chi connectivity index (χ4v) is 2.66. The number of nitrogens with zero attached hydrogens (tertiary/aromatic N) is 2. The minimum atomic E-state index is -2.59. The molecule has 23 heavy (non-hydrogen) atoms. The molecule has 1 aromatic carbocycles. The second kappa shape index (κ2) is 6.58. The Morgan fingerprint density at radius 2 is 1.78 bits per heavy atom. The minimum absolute atomic E-state index is 0.203. The lowest BCUT2D eigenvalue weighted by Gasteiger charge is -2.35. The van der Waals surface area contributed by atoms with Gasteiger partial charge >= 0.3 is 6.09 Å². The fraction of sp³-hybridized carbons (Fsp3) is 0.529. The summed E-state index contributed by atoms with van der Waals surface area (Å²) < 4.78 is 31.9. The fourth-order valence-electron chi connectivity index (χ4n) is 2.66. The molecule has 1 aromatic rings. The summed E-state index contributed by atoms with van der Waals surface area (Å²) in [6.07, 6.45) is 0.424. The van der Waals surface area contributed by atoms with Crippen LogP contribution in [0.5, 0.6) is 0 Å². The van der Waals surface area contributed by atoms with Gasteiger partial charge in [-0.25, -0.2) is 4.79 Å². The molecule has 6 nitrogen and oxygen atoms in total. The van der Waals surface area contributed by atoms with Gasteiger partial charge in [0.15, 0.2) is 0 Å². The molecular weight excluding hydrogens is 296 g/mol. The Balaban J connectivity index is 1.46. The standard InChI is InChI=1S/C17H22N2O4/c1-22-17(7-8-17)15(20)18-9-11-19(12-10-18)16(21)23-13-14-5-3-2-4-6-14/h2-6H,7-13H2,1H3/i1D3. The van der Waals surface area contributed by atoms with Crippen molar-refractivity contribution in [2.75, 3.05) is 33.2 Å². The highest BCUT2D eigenvalue weighted by molar-refractivity contribution is 5.88. The lowest BCUT2D eigenvalue weighted by atomic mass is 10.2. The van der Waals surface area contributed by atoms with E-state index in [9.17, 15) is 9.59 Å². The van der Waals surface area contributed by atoms with Crippen LogP contribution in [0.15, 0.2) is 30.3 Å². The maximum absolute atomic E-state index is 12.6. The van der Waals surface area contributed by atoms with Gasteiger partial charge in [0, 0.05) is 33.2 Å². The molecule has 2 fully saturated rings. The Morgan fingerprint density at radius 3 is 2.39 bits per heavy atom. The van der Waals surface area contributed by atoms with Gasteiger partial charge in [-0.05, 0) is 18.4 Å². The molecule has 3 rings (SSSR count). The number of carbonyl (C=O) groups is 2. The van der Waals surface area contributed by atoms with Crippen LogP contribution in [0.25, 0.3) is 0 Å². The van der Waals surface area contributed by atoms with Crippen LogP contribution in [0.2, 0.25) is 0 Å². The first-order valence-electron chi connectivity index (χ1n) is 9.24. The number of hydrogen-bond acceptors (Lipinski definition) is 4. The molecule has 0 unspecified atom stereocenters. The predicted octanol–water partition coefficient (Wildman–Crippen LogP) is 1.65. The lowest BCUT2D eigenvalue weighted by molar-refractivity contribution is -0.146. The molecule has 0 aromatic heterocycles. The highest BCUT2D eigenvalue weighted by Gasteiger charge is 2.52. The number of piperazine rings is 1. The average molecular weight is 321 g/mol. The third kappa shape index (κ3) is 3.47. The second-order valence-electron chi connectivity index (χ2n) is 5.92. The Kier molecular flexibility index (Phi) is 3.53. The number of benzene rings is 1. The third-order valence-corrected chi connectivity index (χ3v) is 4.32. The van der Waals surface area contributed by atoms with Crippen molar-refractivity contribution in [2.24, 2.45) is 0 Å². The van der Waals surface area contributed by atoms with E-state index in [0.717, 1.165) is 5.56 Å². The van der Waals surface area contributed by atoms with Gasteiger partial charge < -0.3 is 19.3 Å². The number of ether oxygens (including phenoxy) is 2. The molecule has 124 valence electrons. The average Bonchev–Trinajstić information content (AvgIpc) is 3.39. The maximum Gasteiger partial charge on any atom is 0.410 e. The number of methoxy groups -OCH3 is 1. The molecule has 6 heteroatoms. The van der Waals surface area contributed by atoms with Gasteiger partial charge in [0.1, 0.15) is 12.2 Å². The molecule has 1 saturated heterocycles. The Hall–Kier alpha value is -2.08. The zero-order chi connectivity index (χ0) is 18.8. The van der Waals surface area contributed by atoms with Crippen molar-refractivity contribution in [3.05, 3.63) is 35.9 Å². The smallest absolute Gasteiger partial charge is 0.410 e. The first-order valence-corrected chi connectivity index (χ1v) is 7.74. The van der Waals surface area contributed by atoms with E-state index in [2.05, 4.69) is 0 Å². The molecule has 0 spiro atoms. The van der Waals surface area contributed by atoms with Crippen LogP contribution in [-0.2, 0) is 20.9 Å². The molecule has 0 atom stereocenters. The van der Waals surface area contributed by atoms with E-state index in [1.807, 2.05) is 30.3 Å². The first-order chi connectivity index (χ1) is 12.3. The van der Waals surface area contributed by atoms with Crippen LogP contribution in [0.4, 0.5) is 4.79 Å². The Morgan fingerprint density at radius 1 is 1.13 bits per heavy atom. The first kappa shape index (κ1) is 12.4. The Labute approximate surface area is 140 Å². The van der Waals surface area contributed by atoms with Gasteiger partial charge in [0.2, 0.25) is 0 Å². The van der Waals surface area contributed by atoms with Gasteiger partial charge in [0.05, 0.1) is 4.11 Å². The number of rotatable bonds is 4. The van der Waals surface area contributed by atoms with Crippen LogP contribution in [0.1, 0.15) is 22.5 Å². The van der Waals surface area contributed by atoms with E-state index in [1.54, 1.807) is 9.80 Å². The quantitative estimate of drug-likeness (QED) is 0.846. The molecule has 1 saturated carbocycles. The van der Waals surface area contributed by atoms with Crippen LogP contribution < -0.4 is 0 Å². The zero-order valence-corrected chi connectivity index (χ0v) is 12.9. The van der Waals surface area contributed by atoms with Crippen LogP contribution in [0.3, 0.4) is 0 Å². The molecule has 0 bridgehead atoms. The van der Waals surface area contributed by atoms with Gasteiger partial charge in [0.25, 0.3) is 5.91 Å². The van der Waals surface area contributed by atoms with Crippen molar-refractivity contribution < 1.29 is 23.2 Å². The summed E-state index contributed by atoms with van der Waals surface area (Å²) in [6.45, 7) is 1.58. The normalized spacial score (nSPS) is 21.8. The topological polar surface area (TPSA) is 59.1 Å². The largest absolute Gasteiger partial charge is 0.445 e. The van der Waals surface area contributed by atoms with Crippen LogP contribution in [0, 0.1) is 0 Å². The van der Waals surface area contributed by atoms with Crippen molar-refractivity contribution >= 4 is 12.0 Å². The van der Waals surface area contributed by atoms with Gasteiger partial charge in [-0.3, -0.25) is 4.79 Å². The van der Waals surface area contributed by atoms with E-state index in [-0.39, 0.29) is 12.5 Å². The second-order valence-corrected chi connectivity index (χ2v) is 5.92. The molecule has 2 amide bonds. The highest BCUT2D eigenvalue weighted by Crippen LogP contribution is 2.40. The van der Waals surface area contributed by atoms with Crippen LogP contribution >= 0.6 is 0 Å². The number of carbonyl (C=O) groups excluding carboxylic acids is 2. The zero-order valence-electron chi connectivity index (χ0n) is 15.9. The van der Waals surface area contributed by atoms with Gasteiger partial charge in [-0.15, -0.1) is 0 Å². The summed E-state index contributed by atoms with van der Waals surface area (Å²) in [5.41, 5.74) is -0.298. The molecule has 0 radical (unpaired) electrons. The monoisotopic (exact) mass is 321 g/mol. The molecular formula is C17H22N2O4. The highest BCUT2D eigenvalue weighted by atomic mass is 16.6. The molecule has 2 aliphatic rings. The van der Waals surface area contributed by atoms with E-state index in [1.165, 1.54) is 0 Å². The molecule has 1 heterocycles. The van der Waals surface area contributed by atoms with E-state index < -0.39 is 18.7 Å². The van der Waals surface area contributed by atoms with Crippen LogP contribution in [-0.4, -0.2) is 60.6 Å². The lowest BCUT2D eigenvalue weighted by Crippen LogP contribution is -2.53. The number of amides is 2. The third-order valence-electron chi connectivity index (χ3n) is 4.32. The van der Waals surface area contributed by atoms with E-state index in [4.69, 9.17) is 13.6 Å². The SMILES string of the molecule is [2H]C([2H])([2H])OC1(C(=O)N2CCN(C(=O)OCc3ccccc3)CC2)CC1. The van der Waals surface area contributed by atoms with Gasteiger partial charge in [-0.2, -0.15) is 0 Å². The summed E-state index contributed by atoms with van der Waals surface area (Å²) in [4.78, 5) is 27.8. The van der Waals surface area contributed by atoms with Crippen molar-refractivity contribution in [1.29, 1.82) is 0 Å². The van der Waals surface area contributed by atoms with Crippen molar-refractivity contribution in [2.45, 2.75) is 25.0 Å². The number of hydrogen-bond donors (Lipinski definition) is 0. The van der Waals surface area contributed by atoms with Crippen molar-refractivity contribution in [3.8, 4) is 0 Å². The molecule has 1 aliphatic heterocycles. The van der Waals surface area contributed by atoms with Crippen molar-refractivity contribution in [1.82, 2.24) is 9.80 Å².